The average molecular weight is 305 g/mol. The highest BCUT2D eigenvalue weighted by Gasteiger charge is 2.17. The number of nitrogens with zero attached hydrogens (tertiary/aromatic N) is 2. The van der Waals surface area contributed by atoms with E-state index in [1.54, 1.807) is 18.4 Å². The lowest BCUT2D eigenvalue weighted by Gasteiger charge is -2.21. The van der Waals surface area contributed by atoms with Gasteiger partial charge in [0.15, 0.2) is 5.13 Å². The van der Waals surface area contributed by atoms with Gasteiger partial charge in [0.05, 0.1) is 12.3 Å². The van der Waals surface area contributed by atoms with Crippen LogP contribution >= 0.6 is 11.3 Å². The molecule has 114 valence electrons. The first-order valence-corrected chi connectivity index (χ1v) is 7.98. The molecule has 5 heteroatoms. The largest absolute Gasteiger partial charge is 0.378 e. The van der Waals surface area contributed by atoms with Crippen molar-refractivity contribution in [2.45, 2.75) is 27.0 Å². The molecule has 1 N–H and O–H groups in total. The molecule has 0 fully saturated rings. The number of ether oxygens (including phenoxy) is 1. The fourth-order valence-electron chi connectivity index (χ4n) is 2.31. The summed E-state index contributed by atoms with van der Waals surface area (Å²) in [6.45, 7) is 6.56. The molecule has 0 unspecified atom stereocenters. The molecule has 1 aromatic carbocycles. The molecule has 0 spiro atoms. The average Bonchev–Trinajstić information content (AvgIpc) is 2.86. The van der Waals surface area contributed by atoms with Gasteiger partial charge in [-0.15, -0.1) is 0 Å². The molecule has 0 saturated carbocycles. The van der Waals surface area contributed by atoms with E-state index in [0.717, 1.165) is 23.9 Å². The normalized spacial score (nSPS) is 10.9. The summed E-state index contributed by atoms with van der Waals surface area (Å²) in [5.41, 5.74) is 3.51. The maximum absolute atomic E-state index is 5.27. The minimum Gasteiger partial charge on any atom is -0.378 e. The lowest BCUT2D eigenvalue weighted by atomic mass is 10.2. The minimum atomic E-state index is 0.554. The van der Waals surface area contributed by atoms with E-state index in [9.17, 15) is 0 Å². The van der Waals surface area contributed by atoms with Crippen molar-refractivity contribution >= 4 is 22.2 Å². The standard InChI is InChI=1S/C16H23N3OS/c1-5-19(14-9-7-6-8-12(14)2)16-18-13(11-20-4)15(21-16)10-17-3/h6-9,17H,5,10-11H2,1-4H3. The summed E-state index contributed by atoms with van der Waals surface area (Å²) >= 11 is 1.73. The van der Waals surface area contributed by atoms with Crippen LogP contribution in [0.15, 0.2) is 24.3 Å². The van der Waals surface area contributed by atoms with Crippen LogP contribution in [-0.4, -0.2) is 25.7 Å². The van der Waals surface area contributed by atoms with E-state index in [-0.39, 0.29) is 0 Å². The van der Waals surface area contributed by atoms with Crippen molar-refractivity contribution in [3.8, 4) is 0 Å². The summed E-state index contributed by atoms with van der Waals surface area (Å²) < 4.78 is 5.27. The number of hydrogen-bond donors (Lipinski definition) is 1. The van der Waals surface area contributed by atoms with Gasteiger partial charge in [-0.25, -0.2) is 4.98 Å². The third-order valence-electron chi connectivity index (χ3n) is 3.34. The number of aromatic nitrogens is 1. The predicted octanol–water partition coefficient (Wildman–Crippen LogP) is 3.48. The minimum absolute atomic E-state index is 0.554. The zero-order valence-electron chi connectivity index (χ0n) is 13.1. The van der Waals surface area contributed by atoms with Gasteiger partial charge in [0.2, 0.25) is 0 Å². The number of rotatable bonds is 7. The van der Waals surface area contributed by atoms with Crippen molar-refractivity contribution in [2.24, 2.45) is 0 Å². The van der Waals surface area contributed by atoms with Gasteiger partial charge >= 0.3 is 0 Å². The Labute approximate surface area is 130 Å². The molecule has 0 aliphatic carbocycles. The van der Waals surface area contributed by atoms with Gasteiger partial charge in [-0.1, -0.05) is 29.5 Å². The van der Waals surface area contributed by atoms with Crippen molar-refractivity contribution < 1.29 is 4.74 Å². The number of thiazole rings is 1. The molecule has 0 radical (unpaired) electrons. The van der Waals surface area contributed by atoms with Gasteiger partial charge in [-0.3, -0.25) is 0 Å². The smallest absolute Gasteiger partial charge is 0.190 e. The Hall–Kier alpha value is -1.43. The van der Waals surface area contributed by atoms with Crippen molar-refractivity contribution in [1.82, 2.24) is 10.3 Å². The number of aryl methyl sites for hydroxylation is 1. The molecule has 1 heterocycles. The Morgan fingerprint density at radius 1 is 1.33 bits per heavy atom. The monoisotopic (exact) mass is 305 g/mol. The molecule has 0 aliphatic rings. The van der Waals surface area contributed by atoms with E-state index in [1.807, 2.05) is 7.05 Å². The molecule has 0 atom stereocenters. The predicted molar refractivity (Wildman–Crippen MR) is 89.4 cm³/mol. The Kier molecular flexibility index (Phi) is 5.73. The van der Waals surface area contributed by atoms with Crippen LogP contribution in [0, 0.1) is 6.92 Å². The van der Waals surface area contributed by atoms with E-state index in [1.165, 1.54) is 16.1 Å². The molecule has 21 heavy (non-hydrogen) atoms. The van der Waals surface area contributed by atoms with Crippen LogP contribution in [-0.2, 0) is 17.9 Å². The topological polar surface area (TPSA) is 37.4 Å². The number of benzene rings is 1. The molecular weight excluding hydrogens is 282 g/mol. The van der Waals surface area contributed by atoms with Gasteiger partial charge in [0.1, 0.15) is 0 Å². The van der Waals surface area contributed by atoms with Crippen molar-refractivity contribution in [2.75, 3.05) is 25.6 Å². The van der Waals surface area contributed by atoms with Crippen LogP contribution in [0.2, 0.25) is 0 Å². The molecular formula is C16H23N3OS. The maximum atomic E-state index is 5.27. The summed E-state index contributed by atoms with van der Waals surface area (Å²) in [5.74, 6) is 0. The van der Waals surface area contributed by atoms with Crippen LogP contribution < -0.4 is 10.2 Å². The number of hydrogen-bond acceptors (Lipinski definition) is 5. The summed E-state index contributed by atoms with van der Waals surface area (Å²) in [5, 5.41) is 4.23. The highest BCUT2D eigenvalue weighted by molar-refractivity contribution is 7.15. The highest BCUT2D eigenvalue weighted by atomic mass is 32.1. The van der Waals surface area contributed by atoms with Gasteiger partial charge in [0.25, 0.3) is 0 Å². The zero-order valence-corrected chi connectivity index (χ0v) is 14.0. The third-order valence-corrected chi connectivity index (χ3v) is 4.46. The van der Waals surface area contributed by atoms with E-state index in [2.05, 4.69) is 48.3 Å². The maximum Gasteiger partial charge on any atom is 0.190 e. The van der Waals surface area contributed by atoms with Gasteiger partial charge < -0.3 is 15.0 Å². The second kappa shape index (κ2) is 7.54. The third kappa shape index (κ3) is 3.61. The van der Waals surface area contributed by atoms with Crippen LogP contribution in [0.3, 0.4) is 0 Å². The van der Waals surface area contributed by atoms with Crippen molar-refractivity contribution in [1.29, 1.82) is 0 Å². The lowest BCUT2D eigenvalue weighted by molar-refractivity contribution is 0.181. The SMILES string of the molecule is CCN(c1nc(COC)c(CNC)s1)c1ccccc1C. The Balaban J connectivity index is 2.38. The van der Waals surface area contributed by atoms with Crippen molar-refractivity contribution in [3.63, 3.8) is 0 Å². The quantitative estimate of drug-likeness (QED) is 0.850. The Bertz CT molecular complexity index is 559. The molecule has 0 bridgehead atoms. The lowest BCUT2D eigenvalue weighted by Crippen LogP contribution is -2.16. The van der Waals surface area contributed by atoms with Crippen LogP contribution in [0.1, 0.15) is 23.1 Å². The molecule has 0 amide bonds. The first-order valence-electron chi connectivity index (χ1n) is 7.16. The summed E-state index contributed by atoms with van der Waals surface area (Å²) in [6.07, 6.45) is 0. The fraction of sp³-hybridized carbons (Fsp3) is 0.438. The Morgan fingerprint density at radius 3 is 2.71 bits per heavy atom. The Morgan fingerprint density at radius 2 is 2.10 bits per heavy atom. The summed E-state index contributed by atoms with van der Waals surface area (Å²) in [7, 11) is 3.66. The van der Waals surface area contributed by atoms with E-state index >= 15 is 0 Å². The zero-order chi connectivity index (χ0) is 15.2. The fourth-order valence-corrected chi connectivity index (χ4v) is 3.46. The van der Waals surface area contributed by atoms with Gasteiger partial charge in [-0.05, 0) is 32.5 Å². The van der Waals surface area contributed by atoms with Gasteiger partial charge in [0, 0.05) is 30.8 Å². The summed E-state index contributed by atoms with van der Waals surface area (Å²) in [6, 6.07) is 8.42. The molecule has 4 nitrogen and oxygen atoms in total. The number of nitrogens with one attached hydrogen (secondary N) is 1. The first kappa shape index (κ1) is 15.9. The number of anilines is 2. The van der Waals surface area contributed by atoms with E-state index in [4.69, 9.17) is 9.72 Å². The van der Waals surface area contributed by atoms with Crippen LogP contribution in [0.4, 0.5) is 10.8 Å². The van der Waals surface area contributed by atoms with Gasteiger partial charge in [-0.2, -0.15) is 0 Å². The van der Waals surface area contributed by atoms with E-state index < -0.39 is 0 Å². The van der Waals surface area contributed by atoms with Crippen LogP contribution in [0.5, 0.6) is 0 Å². The first-order chi connectivity index (χ1) is 10.2. The number of methoxy groups -OCH3 is 1. The molecule has 0 aliphatic heterocycles. The summed E-state index contributed by atoms with van der Waals surface area (Å²) in [4.78, 5) is 8.29. The molecule has 1 aromatic heterocycles. The molecule has 2 aromatic rings. The second-order valence-corrected chi connectivity index (χ2v) is 5.92. The van der Waals surface area contributed by atoms with Crippen LogP contribution in [0.25, 0.3) is 0 Å². The van der Waals surface area contributed by atoms with Crippen molar-refractivity contribution in [3.05, 3.63) is 40.4 Å². The highest BCUT2D eigenvalue weighted by Crippen LogP contribution is 2.33. The second-order valence-electron chi connectivity index (χ2n) is 4.86. The van der Waals surface area contributed by atoms with E-state index in [0.29, 0.717) is 6.61 Å². The number of para-hydroxylation sites is 1. The molecule has 2 rings (SSSR count). The molecule has 0 saturated heterocycles.